The summed E-state index contributed by atoms with van der Waals surface area (Å²) in [6, 6.07) is 11.0. The van der Waals surface area contributed by atoms with Crippen molar-refractivity contribution in [2.24, 2.45) is 0 Å². The van der Waals surface area contributed by atoms with Crippen LogP contribution in [0.15, 0.2) is 36.4 Å². The molecule has 0 spiro atoms. The van der Waals surface area contributed by atoms with Gasteiger partial charge in [-0.1, -0.05) is 59.4 Å². The molecular weight excluding hydrogens is 400 g/mol. The van der Waals surface area contributed by atoms with Gasteiger partial charge in [-0.15, -0.1) is 0 Å². The van der Waals surface area contributed by atoms with Crippen LogP contribution in [0, 0.1) is 23.7 Å². The summed E-state index contributed by atoms with van der Waals surface area (Å²) in [7, 11) is 2.56. The monoisotopic (exact) mass is 430 g/mol. The van der Waals surface area contributed by atoms with Crippen molar-refractivity contribution in [1.29, 1.82) is 0 Å². The number of methoxy groups -OCH3 is 2. The van der Waals surface area contributed by atoms with Gasteiger partial charge in [0.25, 0.3) is 0 Å². The van der Waals surface area contributed by atoms with E-state index in [1.807, 2.05) is 0 Å². The van der Waals surface area contributed by atoms with Crippen molar-refractivity contribution < 1.29 is 19.1 Å². The van der Waals surface area contributed by atoms with Gasteiger partial charge in [0.15, 0.2) is 0 Å². The van der Waals surface area contributed by atoms with Gasteiger partial charge in [0.1, 0.15) is 0 Å². The summed E-state index contributed by atoms with van der Waals surface area (Å²) in [5, 5.41) is 0. The van der Waals surface area contributed by atoms with E-state index in [0.717, 1.165) is 5.56 Å². The zero-order valence-electron chi connectivity index (χ0n) is 20.1. The lowest BCUT2D eigenvalue weighted by molar-refractivity contribution is 0.0599. The molecule has 4 heteroatoms. The van der Waals surface area contributed by atoms with E-state index in [4.69, 9.17) is 9.47 Å². The van der Waals surface area contributed by atoms with Gasteiger partial charge in [-0.25, -0.2) is 9.59 Å². The summed E-state index contributed by atoms with van der Waals surface area (Å²) in [5.74, 6) is 10.6. The number of rotatable bonds is 2. The fourth-order valence-corrected chi connectivity index (χ4v) is 2.94. The van der Waals surface area contributed by atoms with Crippen LogP contribution in [0.5, 0.6) is 0 Å². The molecule has 0 aromatic heterocycles. The Hall–Kier alpha value is -3.50. The molecule has 0 bridgehead atoms. The Bertz CT molecular complexity index is 1080. The quantitative estimate of drug-likeness (QED) is 0.482. The van der Waals surface area contributed by atoms with E-state index in [9.17, 15) is 9.59 Å². The van der Waals surface area contributed by atoms with E-state index >= 15 is 0 Å². The molecule has 0 saturated carbocycles. The van der Waals surface area contributed by atoms with Crippen molar-refractivity contribution >= 4 is 11.9 Å². The fourth-order valence-electron chi connectivity index (χ4n) is 2.94. The maximum absolute atomic E-state index is 11.9. The normalized spacial score (nSPS) is 10.9. The van der Waals surface area contributed by atoms with Gasteiger partial charge >= 0.3 is 11.9 Å². The summed E-state index contributed by atoms with van der Waals surface area (Å²) >= 11 is 0. The van der Waals surface area contributed by atoms with Gasteiger partial charge in [-0.3, -0.25) is 0 Å². The highest BCUT2D eigenvalue weighted by molar-refractivity contribution is 5.96. The number of ether oxygens (including phenoxy) is 2. The van der Waals surface area contributed by atoms with Crippen LogP contribution in [-0.4, -0.2) is 26.2 Å². The van der Waals surface area contributed by atoms with Crippen molar-refractivity contribution in [2.75, 3.05) is 14.2 Å². The predicted octanol–water partition coefficient (Wildman–Crippen LogP) is 5.26. The van der Waals surface area contributed by atoms with Crippen LogP contribution in [0.1, 0.15) is 84.5 Å². The van der Waals surface area contributed by atoms with Gasteiger partial charge in [0.05, 0.1) is 25.3 Å². The first kappa shape index (κ1) is 24.8. The highest BCUT2D eigenvalue weighted by atomic mass is 16.5. The second kappa shape index (κ2) is 9.75. The molecule has 32 heavy (non-hydrogen) atoms. The largest absolute Gasteiger partial charge is 0.465 e. The van der Waals surface area contributed by atoms with Crippen molar-refractivity contribution in [3.8, 4) is 23.7 Å². The Morgan fingerprint density at radius 3 is 1.34 bits per heavy atom. The molecule has 0 unspecified atom stereocenters. The minimum atomic E-state index is -0.557. The van der Waals surface area contributed by atoms with Crippen LogP contribution in [0.2, 0.25) is 0 Å². The minimum absolute atomic E-state index is 0.00197. The molecule has 166 valence electrons. The second-order valence-electron chi connectivity index (χ2n) is 9.58. The number of carbonyl (C=O) groups is 2. The number of hydrogen-bond acceptors (Lipinski definition) is 4. The first-order valence-corrected chi connectivity index (χ1v) is 10.3. The third-order valence-corrected chi connectivity index (χ3v) is 4.92. The third kappa shape index (κ3) is 6.50. The SMILES string of the molecule is COC(=O)c1cc(C#CC#Cc2cc(C(C)(C)C)cc(C(C)(C)C)c2)cc(C(=O)OC)c1. The average Bonchev–Trinajstić information content (AvgIpc) is 2.73. The molecule has 0 atom stereocenters. The Balaban J connectivity index is 2.46. The molecule has 0 heterocycles. The molecular formula is C28H30O4. The summed E-state index contributed by atoms with van der Waals surface area (Å²) < 4.78 is 9.51. The lowest BCUT2D eigenvalue weighted by Crippen LogP contribution is -2.16. The smallest absolute Gasteiger partial charge is 0.337 e. The van der Waals surface area contributed by atoms with E-state index in [1.54, 1.807) is 12.1 Å². The number of carbonyl (C=O) groups excluding carboxylic acids is 2. The van der Waals surface area contributed by atoms with Crippen molar-refractivity contribution in [1.82, 2.24) is 0 Å². The van der Waals surface area contributed by atoms with Gasteiger partial charge in [-0.2, -0.15) is 0 Å². The zero-order valence-corrected chi connectivity index (χ0v) is 20.1. The maximum Gasteiger partial charge on any atom is 0.337 e. The second-order valence-corrected chi connectivity index (χ2v) is 9.58. The highest BCUT2D eigenvalue weighted by Gasteiger charge is 2.20. The van der Waals surface area contributed by atoms with Crippen molar-refractivity contribution in [3.63, 3.8) is 0 Å². The van der Waals surface area contributed by atoms with Crippen LogP contribution in [0.4, 0.5) is 0 Å². The lowest BCUT2D eigenvalue weighted by Gasteiger charge is -2.25. The van der Waals surface area contributed by atoms with Gasteiger partial charge < -0.3 is 9.47 Å². The van der Waals surface area contributed by atoms with Crippen molar-refractivity contribution in [2.45, 2.75) is 52.4 Å². The number of benzene rings is 2. The van der Waals surface area contributed by atoms with Crippen LogP contribution >= 0.6 is 0 Å². The molecule has 2 rings (SSSR count). The molecule has 0 saturated heterocycles. The zero-order chi connectivity index (χ0) is 24.1. The molecule has 0 N–H and O–H groups in total. The van der Waals surface area contributed by atoms with Gasteiger partial charge in [-0.05, 0) is 64.1 Å². The molecule has 0 aliphatic heterocycles. The Kier molecular flexibility index (Phi) is 7.55. The molecule has 0 aliphatic carbocycles. The molecule has 0 amide bonds. The molecule has 2 aromatic carbocycles. The summed E-state index contributed by atoms with van der Waals surface area (Å²) in [6.45, 7) is 13.1. The summed E-state index contributed by atoms with van der Waals surface area (Å²) in [6.07, 6.45) is 0. The maximum atomic E-state index is 11.9. The Morgan fingerprint density at radius 2 is 1.00 bits per heavy atom. The van der Waals surface area contributed by atoms with Gasteiger partial charge in [0, 0.05) is 11.1 Å². The van der Waals surface area contributed by atoms with E-state index in [0.29, 0.717) is 5.56 Å². The topological polar surface area (TPSA) is 52.6 Å². The number of esters is 2. The number of hydrogen-bond donors (Lipinski definition) is 0. The van der Waals surface area contributed by atoms with Crippen LogP contribution in [-0.2, 0) is 20.3 Å². The molecule has 2 aromatic rings. The van der Waals surface area contributed by atoms with E-state index in [1.165, 1.54) is 31.4 Å². The molecule has 4 nitrogen and oxygen atoms in total. The Morgan fingerprint density at radius 1 is 0.625 bits per heavy atom. The van der Waals surface area contributed by atoms with Crippen LogP contribution in [0.3, 0.4) is 0 Å². The minimum Gasteiger partial charge on any atom is -0.465 e. The fraction of sp³-hybridized carbons (Fsp3) is 0.357. The standard InChI is InChI=1S/C28H30O4/c1-27(2,3)23-15-20(16-24(18-23)28(4,5)6)12-10-9-11-19-13-21(25(29)31-7)17-22(14-19)26(30)32-8/h13-18H,1-8H3. The average molecular weight is 431 g/mol. The first-order valence-electron chi connectivity index (χ1n) is 10.3. The third-order valence-electron chi connectivity index (χ3n) is 4.92. The predicted molar refractivity (Wildman–Crippen MR) is 127 cm³/mol. The first-order chi connectivity index (χ1) is 14.8. The highest BCUT2D eigenvalue weighted by Crippen LogP contribution is 2.30. The molecule has 0 fully saturated rings. The molecule has 0 radical (unpaired) electrons. The van der Waals surface area contributed by atoms with E-state index in [2.05, 4.69) is 83.4 Å². The Labute approximate surface area is 191 Å². The lowest BCUT2D eigenvalue weighted by atomic mass is 9.79. The van der Waals surface area contributed by atoms with Crippen LogP contribution in [0.25, 0.3) is 0 Å². The summed E-state index contributed by atoms with van der Waals surface area (Å²) in [4.78, 5) is 23.8. The van der Waals surface area contributed by atoms with E-state index < -0.39 is 11.9 Å². The summed E-state index contributed by atoms with van der Waals surface area (Å²) in [5.41, 5.74) is 4.26. The van der Waals surface area contributed by atoms with Crippen LogP contribution < -0.4 is 0 Å². The molecule has 0 aliphatic rings. The van der Waals surface area contributed by atoms with Gasteiger partial charge in [0.2, 0.25) is 0 Å². The van der Waals surface area contributed by atoms with Crippen molar-refractivity contribution in [3.05, 3.63) is 69.8 Å². The van der Waals surface area contributed by atoms with E-state index in [-0.39, 0.29) is 22.0 Å².